The standard InChI is InChI=1S/C16H22N2O2/c1-3-13(16(20)17-4-2)18-14-10-6-5-8-12(14)9-7-11-15(18)19/h5-6,8,10,13H,3-4,7,9,11H2,1-2H3,(H,17,20)/t13-/m1/s1. The Labute approximate surface area is 120 Å². The van der Waals surface area contributed by atoms with Crippen molar-refractivity contribution in [2.75, 3.05) is 11.4 Å². The summed E-state index contributed by atoms with van der Waals surface area (Å²) in [5.74, 6) is -0.0203. The molecule has 1 N–H and O–H groups in total. The van der Waals surface area contributed by atoms with Crippen molar-refractivity contribution in [1.82, 2.24) is 5.32 Å². The predicted molar refractivity (Wildman–Crippen MR) is 79.6 cm³/mol. The van der Waals surface area contributed by atoms with Gasteiger partial charge in [-0.2, -0.15) is 0 Å². The van der Waals surface area contributed by atoms with Gasteiger partial charge in [0.15, 0.2) is 0 Å². The van der Waals surface area contributed by atoms with Crippen LogP contribution in [0.3, 0.4) is 0 Å². The van der Waals surface area contributed by atoms with Crippen molar-refractivity contribution in [2.45, 2.75) is 45.6 Å². The van der Waals surface area contributed by atoms with Crippen molar-refractivity contribution in [2.24, 2.45) is 0 Å². The maximum atomic E-state index is 12.4. The van der Waals surface area contributed by atoms with Crippen LogP contribution in [0.25, 0.3) is 0 Å². The summed E-state index contributed by atoms with van der Waals surface area (Å²) in [5, 5.41) is 2.83. The number of hydrogen-bond donors (Lipinski definition) is 1. The fourth-order valence-electron chi connectivity index (χ4n) is 2.76. The molecule has 4 heteroatoms. The van der Waals surface area contributed by atoms with Crippen molar-refractivity contribution in [1.29, 1.82) is 0 Å². The first-order chi connectivity index (χ1) is 9.69. The number of carbonyl (C=O) groups is 2. The Balaban J connectivity index is 2.40. The summed E-state index contributed by atoms with van der Waals surface area (Å²) < 4.78 is 0. The minimum atomic E-state index is -0.415. The molecule has 0 bridgehead atoms. The SMILES string of the molecule is CCNC(=O)[C@@H](CC)N1C(=O)CCCc2ccccc21. The third-order valence-electron chi connectivity index (χ3n) is 3.71. The van der Waals surface area contributed by atoms with E-state index in [4.69, 9.17) is 0 Å². The second-order valence-electron chi connectivity index (χ2n) is 5.06. The monoisotopic (exact) mass is 274 g/mol. The number of para-hydroxylation sites is 1. The molecule has 1 aliphatic rings. The minimum Gasteiger partial charge on any atom is -0.355 e. The number of nitrogens with zero attached hydrogens (tertiary/aromatic N) is 1. The van der Waals surface area contributed by atoms with Crippen LogP contribution in [0.15, 0.2) is 24.3 Å². The molecule has 0 aliphatic carbocycles. The first kappa shape index (κ1) is 14.6. The van der Waals surface area contributed by atoms with Crippen LogP contribution in [0.5, 0.6) is 0 Å². The molecule has 2 rings (SSSR count). The molecule has 0 aromatic heterocycles. The van der Waals surface area contributed by atoms with Gasteiger partial charge >= 0.3 is 0 Å². The first-order valence-corrected chi connectivity index (χ1v) is 7.36. The van der Waals surface area contributed by atoms with E-state index >= 15 is 0 Å². The van der Waals surface area contributed by atoms with E-state index in [9.17, 15) is 9.59 Å². The van der Waals surface area contributed by atoms with Gasteiger partial charge in [-0.3, -0.25) is 14.5 Å². The second-order valence-corrected chi connectivity index (χ2v) is 5.06. The van der Waals surface area contributed by atoms with Crippen molar-refractivity contribution in [3.05, 3.63) is 29.8 Å². The summed E-state index contributed by atoms with van der Waals surface area (Å²) in [6, 6.07) is 7.49. The van der Waals surface area contributed by atoms with Gasteiger partial charge in [-0.05, 0) is 37.8 Å². The van der Waals surface area contributed by atoms with E-state index in [1.54, 1.807) is 4.90 Å². The third-order valence-corrected chi connectivity index (χ3v) is 3.71. The molecule has 108 valence electrons. The quantitative estimate of drug-likeness (QED) is 0.915. The molecule has 0 fully saturated rings. The van der Waals surface area contributed by atoms with Crippen LogP contribution in [0.4, 0.5) is 5.69 Å². The van der Waals surface area contributed by atoms with Crippen LogP contribution in [0, 0.1) is 0 Å². The van der Waals surface area contributed by atoms with Crippen molar-refractivity contribution in [3.63, 3.8) is 0 Å². The molecule has 1 heterocycles. The van der Waals surface area contributed by atoms with Crippen LogP contribution >= 0.6 is 0 Å². The maximum Gasteiger partial charge on any atom is 0.243 e. The van der Waals surface area contributed by atoms with Crippen LogP contribution in [-0.2, 0) is 16.0 Å². The Morgan fingerprint density at radius 2 is 2.05 bits per heavy atom. The lowest BCUT2D eigenvalue weighted by atomic mass is 10.1. The Morgan fingerprint density at radius 1 is 1.30 bits per heavy atom. The van der Waals surface area contributed by atoms with Gasteiger partial charge in [-0.1, -0.05) is 25.1 Å². The molecule has 20 heavy (non-hydrogen) atoms. The molecule has 0 radical (unpaired) electrons. The van der Waals surface area contributed by atoms with E-state index < -0.39 is 6.04 Å². The second kappa shape index (κ2) is 6.55. The summed E-state index contributed by atoms with van der Waals surface area (Å²) >= 11 is 0. The van der Waals surface area contributed by atoms with Gasteiger partial charge in [0.1, 0.15) is 6.04 Å². The number of carbonyl (C=O) groups excluding carboxylic acids is 2. The van der Waals surface area contributed by atoms with E-state index in [2.05, 4.69) is 5.32 Å². The van der Waals surface area contributed by atoms with Gasteiger partial charge in [-0.25, -0.2) is 0 Å². The van der Waals surface area contributed by atoms with Crippen LogP contribution < -0.4 is 10.2 Å². The molecule has 1 aromatic rings. The van der Waals surface area contributed by atoms with E-state index in [1.807, 2.05) is 38.1 Å². The highest BCUT2D eigenvalue weighted by atomic mass is 16.2. The summed E-state index contributed by atoms with van der Waals surface area (Å²) in [5.41, 5.74) is 2.05. The molecule has 1 aromatic carbocycles. The minimum absolute atomic E-state index is 0.0491. The van der Waals surface area contributed by atoms with Gasteiger partial charge in [0.05, 0.1) is 0 Å². The summed E-state index contributed by atoms with van der Waals surface area (Å²) in [4.78, 5) is 26.4. The predicted octanol–water partition coefficient (Wildman–Crippen LogP) is 2.27. The molecular weight excluding hydrogens is 252 g/mol. The number of hydrogen-bond acceptors (Lipinski definition) is 2. The average molecular weight is 274 g/mol. The van der Waals surface area contributed by atoms with E-state index in [0.29, 0.717) is 19.4 Å². The zero-order valence-corrected chi connectivity index (χ0v) is 12.2. The highest BCUT2D eigenvalue weighted by Crippen LogP contribution is 2.29. The average Bonchev–Trinajstić information content (AvgIpc) is 2.60. The molecule has 4 nitrogen and oxygen atoms in total. The van der Waals surface area contributed by atoms with E-state index in [1.165, 1.54) is 0 Å². The Morgan fingerprint density at radius 3 is 2.75 bits per heavy atom. The Bertz CT molecular complexity index is 499. The lowest BCUT2D eigenvalue weighted by Crippen LogP contribution is -2.49. The van der Waals surface area contributed by atoms with E-state index in [0.717, 1.165) is 24.1 Å². The van der Waals surface area contributed by atoms with Crippen LogP contribution in [0.1, 0.15) is 38.7 Å². The molecule has 1 aliphatic heterocycles. The zero-order valence-electron chi connectivity index (χ0n) is 12.2. The topological polar surface area (TPSA) is 49.4 Å². The van der Waals surface area contributed by atoms with Gasteiger partial charge < -0.3 is 5.32 Å². The fourth-order valence-corrected chi connectivity index (χ4v) is 2.76. The van der Waals surface area contributed by atoms with Crippen molar-refractivity contribution in [3.8, 4) is 0 Å². The maximum absolute atomic E-state index is 12.4. The van der Waals surface area contributed by atoms with Crippen molar-refractivity contribution >= 4 is 17.5 Å². The number of rotatable bonds is 4. The van der Waals surface area contributed by atoms with Gasteiger partial charge in [0.2, 0.25) is 11.8 Å². The first-order valence-electron chi connectivity index (χ1n) is 7.36. The molecule has 0 saturated heterocycles. The third kappa shape index (κ3) is 2.84. The van der Waals surface area contributed by atoms with Crippen molar-refractivity contribution < 1.29 is 9.59 Å². The number of nitrogens with one attached hydrogen (secondary N) is 1. The molecule has 2 amide bonds. The van der Waals surface area contributed by atoms with Gasteiger partial charge in [0, 0.05) is 18.7 Å². The zero-order chi connectivity index (χ0) is 14.5. The van der Waals surface area contributed by atoms with Gasteiger partial charge in [0.25, 0.3) is 0 Å². The Hall–Kier alpha value is -1.84. The number of benzene rings is 1. The van der Waals surface area contributed by atoms with Crippen LogP contribution in [-0.4, -0.2) is 24.4 Å². The normalized spacial score (nSPS) is 16.3. The van der Waals surface area contributed by atoms with Crippen LogP contribution in [0.2, 0.25) is 0 Å². The lowest BCUT2D eigenvalue weighted by molar-refractivity contribution is -0.126. The van der Waals surface area contributed by atoms with E-state index in [-0.39, 0.29) is 11.8 Å². The van der Waals surface area contributed by atoms with Gasteiger partial charge in [-0.15, -0.1) is 0 Å². The Kier molecular flexibility index (Phi) is 4.77. The summed E-state index contributed by atoms with van der Waals surface area (Å²) in [6.07, 6.45) is 2.86. The number of fused-ring (bicyclic) bond motifs is 1. The summed E-state index contributed by atoms with van der Waals surface area (Å²) in [6.45, 7) is 4.42. The molecule has 0 unspecified atom stereocenters. The molecule has 0 saturated carbocycles. The number of aryl methyl sites for hydroxylation is 1. The number of amides is 2. The molecule has 0 spiro atoms. The molecule has 1 atom stereocenters. The fraction of sp³-hybridized carbons (Fsp3) is 0.500. The summed E-state index contributed by atoms with van der Waals surface area (Å²) in [7, 11) is 0. The lowest BCUT2D eigenvalue weighted by Gasteiger charge is -2.30. The highest BCUT2D eigenvalue weighted by molar-refractivity contribution is 6.01. The highest BCUT2D eigenvalue weighted by Gasteiger charge is 2.31. The number of anilines is 1. The largest absolute Gasteiger partial charge is 0.355 e. The number of likely N-dealkylation sites (N-methyl/N-ethyl adjacent to an activating group) is 1. The molecular formula is C16H22N2O2. The smallest absolute Gasteiger partial charge is 0.243 e.